The van der Waals surface area contributed by atoms with Gasteiger partial charge in [0.15, 0.2) is 9.61 Å². The van der Waals surface area contributed by atoms with Crippen LogP contribution in [0.2, 0.25) is 0 Å². The van der Waals surface area contributed by atoms with Crippen LogP contribution in [0.1, 0.15) is 27.7 Å². The number of carbonyl (C=O) groups excluding carboxylic acids is 1. The summed E-state index contributed by atoms with van der Waals surface area (Å²) in [7, 11) is 1.37. The minimum absolute atomic E-state index is 0.280. The van der Waals surface area contributed by atoms with Gasteiger partial charge < -0.3 is 9.47 Å². The Bertz CT molecular complexity index is 373. The summed E-state index contributed by atoms with van der Waals surface area (Å²) in [6.45, 7) is 1.42. The molecule has 4 nitrogen and oxygen atoms in total. The number of rotatable bonds is 2. The highest BCUT2D eigenvalue weighted by molar-refractivity contribution is 9.11. The SMILES string of the molecule is COC(=O)c1nc(Br)sc1C1CCOC1. The molecule has 1 saturated heterocycles. The van der Waals surface area contributed by atoms with Crippen molar-refractivity contribution in [3.05, 3.63) is 14.5 Å². The van der Waals surface area contributed by atoms with Crippen molar-refractivity contribution in [2.45, 2.75) is 12.3 Å². The highest BCUT2D eigenvalue weighted by Crippen LogP contribution is 2.34. The van der Waals surface area contributed by atoms with Gasteiger partial charge in [-0.2, -0.15) is 0 Å². The zero-order valence-corrected chi connectivity index (χ0v) is 10.6. The number of hydrogen-bond acceptors (Lipinski definition) is 5. The summed E-state index contributed by atoms with van der Waals surface area (Å²) in [5.41, 5.74) is 0.421. The fourth-order valence-corrected chi connectivity index (χ4v) is 3.16. The number of hydrogen-bond donors (Lipinski definition) is 0. The van der Waals surface area contributed by atoms with Gasteiger partial charge in [-0.25, -0.2) is 9.78 Å². The molecule has 0 spiro atoms. The zero-order valence-electron chi connectivity index (χ0n) is 8.16. The first kappa shape index (κ1) is 11.0. The van der Waals surface area contributed by atoms with E-state index in [4.69, 9.17) is 9.47 Å². The molecule has 0 aliphatic carbocycles. The van der Waals surface area contributed by atoms with Crippen LogP contribution in [0.15, 0.2) is 3.92 Å². The number of thiazole rings is 1. The maximum atomic E-state index is 11.5. The number of esters is 1. The number of aromatic nitrogens is 1. The van der Waals surface area contributed by atoms with Gasteiger partial charge >= 0.3 is 5.97 Å². The molecule has 0 N–H and O–H groups in total. The van der Waals surface area contributed by atoms with Crippen LogP contribution in [0.4, 0.5) is 0 Å². The van der Waals surface area contributed by atoms with E-state index < -0.39 is 0 Å². The minimum Gasteiger partial charge on any atom is -0.464 e. The third kappa shape index (κ3) is 2.21. The van der Waals surface area contributed by atoms with E-state index in [1.807, 2.05) is 0 Å². The number of methoxy groups -OCH3 is 1. The van der Waals surface area contributed by atoms with Crippen molar-refractivity contribution >= 4 is 33.2 Å². The van der Waals surface area contributed by atoms with E-state index in [-0.39, 0.29) is 11.9 Å². The molecule has 1 aromatic heterocycles. The predicted octanol–water partition coefficient (Wildman–Crippen LogP) is 2.20. The largest absolute Gasteiger partial charge is 0.464 e. The van der Waals surface area contributed by atoms with Crippen LogP contribution in [0.3, 0.4) is 0 Å². The summed E-state index contributed by atoms with van der Waals surface area (Å²) in [5, 5.41) is 0. The van der Waals surface area contributed by atoms with Crippen LogP contribution in [0, 0.1) is 0 Å². The van der Waals surface area contributed by atoms with Gasteiger partial charge in [0.05, 0.1) is 13.7 Å². The Hall–Kier alpha value is -0.460. The highest BCUT2D eigenvalue weighted by Gasteiger charge is 2.27. The lowest BCUT2D eigenvalue weighted by atomic mass is 10.1. The van der Waals surface area contributed by atoms with Gasteiger partial charge in [-0.05, 0) is 22.4 Å². The summed E-state index contributed by atoms with van der Waals surface area (Å²) in [6.07, 6.45) is 0.943. The fraction of sp³-hybridized carbons (Fsp3) is 0.556. The second kappa shape index (κ2) is 4.59. The Morgan fingerprint density at radius 2 is 2.53 bits per heavy atom. The Kier molecular flexibility index (Phi) is 3.38. The zero-order chi connectivity index (χ0) is 10.8. The summed E-state index contributed by atoms with van der Waals surface area (Å²) < 4.78 is 10.7. The standard InChI is InChI=1S/C9H10BrNO3S/c1-13-8(12)6-7(15-9(10)11-6)5-2-3-14-4-5/h5H,2-4H2,1H3. The van der Waals surface area contributed by atoms with Crippen LogP contribution in [-0.4, -0.2) is 31.3 Å². The summed E-state index contributed by atoms with van der Waals surface area (Å²) in [4.78, 5) is 16.6. The predicted molar refractivity (Wildman–Crippen MR) is 59.3 cm³/mol. The molecule has 82 valence electrons. The van der Waals surface area contributed by atoms with E-state index in [0.29, 0.717) is 16.2 Å². The molecule has 2 rings (SSSR count). The van der Waals surface area contributed by atoms with Gasteiger partial charge in [0.2, 0.25) is 0 Å². The molecule has 1 aliphatic heterocycles. The maximum Gasteiger partial charge on any atom is 0.357 e. The Balaban J connectivity index is 2.32. The fourth-order valence-electron chi connectivity index (χ4n) is 1.57. The lowest BCUT2D eigenvalue weighted by Gasteiger charge is -2.05. The first-order chi connectivity index (χ1) is 7.22. The summed E-state index contributed by atoms with van der Waals surface area (Å²) in [5.74, 6) is -0.0956. The molecule has 6 heteroatoms. The van der Waals surface area contributed by atoms with E-state index in [0.717, 1.165) is 17.9 Å². The monoisotopic (exact) mass is 291 g/mol. The van der Waals surface area contributed by atoms with Crippen molar-refractivity contribution in [2.75, 3.05) is 20.3 Å². The lowest BCUT2D eigenvalue weighted by molar-refractivity contribution is 0.0593. The lowest BCUT2D eigenvalue weighted by Crippen LogP contribution is -2.08. The van der Waals surface area contributed by atoms with Gasteiger partial charge in [0, 0.05) is 17.4 Å². The average Bonchev–Trinajstić information content (AvgIpc) is 2.84. The molecule has 1 atom stereocenters. The van der Waals surface area contributed by atoms with Crippen LogP contribution in [0.25, 0.3) is 0 Å². The van der Waals surface area contributed by atoms with Crippen molar-refractivity contribution in [2.24, 2.45) is 0 Å². The van der Waals surface area contributed by atoms with Gasteiger partial charge in [0.1, 0.15) is 0 Å². The molecule has 15 heavy (non-hydrogen) atoms. The second-order valence-electron chi connectivity index (χ2n) is 3.23. The topological polar surface area (TPSA) is 48.4 Å². The van der Waals surface area contributed by atoms with Crippen molar-refractivity contribution in [1.29, 1.82) is 0 Å². The molecule has 2 heterocycles. The molecule has 0 radical (unpaired) electrons. The molecule has 0 bridgehead atoms. The third-order valence-electron chi connectivity index (χ3n) is 2.31. The Labute approximate surface area is 99.7 Å². The van der Waals surface area contributed by atoms with E-state index in [2.05, 4.69) is 20.9 Å². The Morgan fingerprint density at radius 1 is 1.73 bits per heavy atom. The van der Waals surface area contributed by atoms with E-state index in [1.54, 1.807) is 0 Å². The van der Waals surface area contributed by atoms with E-state index in [1.165, 1.54) is 18.4 Å². The van der Waals surface area contributed by atoms with Gasteiger partial charge in [-0.3, -0.25) is 0 Å². The number of halogens is 1. The molecule has 0 saturated carbocycles. The van der Waals surface area contributed by atoms with Crippen molar-refractivity contribution in [3.63, 3.8) is 0 Å². The molecule has 1 fully saturated rings. The average molecular weight is 292 g/mol. The van der Waals surface area contributed by atoms with Crippen molar-refractivity contribution < 1.29 is 14.3 Å². The maximum absolute atomic E-state index is 11.5. The summed E-state index contributed by atoms with van der Waals surface area (Å²) in [6, 6.07) is 0. The van der Waals surface area contributed by atoms with Crippen molar-refractivity contribution in [3.8, 4) is 0 Å². The quantitative estimate of drug-likeness (QED) is 0.784. The molecule has 1 unspecified atom stereocenters. The second-order valence-corrected chi connectivity index (χ2v) is 5.54. The molecular weight excluding hydrogens is 282 g/mol. The number of nitrogens with zero attached hydrogens (tertiary/aromatic N) is 1. The van der Waals surface area contributed by atoms with Crippen LogP contribution < -0.4 is 0 Å². The van der Waals surface area contributed by atoms with Crippen LogP contribution in [0.5, 0.6) is 0 Å². The number of ether oxygens (including phenoxy) is 2. The smallest absolute Gasteiger partial charge is 0.357 e. The molecule has 0 amide bonds. The Morgan fingerprint density at radius 3 is 3.13 bits per heavy atom. The van der Waals surface area contributed by atoms with Gasteiger partial charge in [0.25, 0.3) is 0 Å². The highest BCUT2D eigenvalue weighted by atomic mass is 79.9. The van der Waals surface area contributed by atoms with E-state index in [9.17, 15) is 4.79 Å². The first-order valence-corrected chi connectivity index (χ1v) is 6.15. The van der Waals surface area contributed by atoms with Gasteiger partial charge in [-0.1, -0.05) is 0 Å². The summed E-state index contributed by atoms with van der Waals surface area (Å²) >= 11 is 4.77. The molecular formula is C9H10BrNO3S. The molecule has 0 aromatic carbocycles. The van der Waals surface area contributed by atoms with Gasteiger partial charge in [-0.15, -0.1) is 11.3 Å². The molecule has 1 aromatic rings. The third-order valence-corrected chi connectivity index (χ3v) is 3.98. The first-order valence-electron chi connectivity index (χ1n) is 4.54. The van der Waals surface area contributed by atoms with Crippen molar-refractivity contribution in [1.82, 2.24) is 4.98 Å². The number of carbonyl (C=O) groups is 1. The minimum atomic E-state index is -0.376. The normalized spacial score (nSPS) is 20.5. The van der Waals surface area contributed by atoms with Crippen LogP contribution in [-0.2, 0) is 9.47 Å². The van der Waals surface area contributed by atoms with Crippen LogP contribution >= 0.6 is 27.3 Å². The molecule has 1 aliphatic rings. The van der Waals surface area contributed by atoms with E-state index >= 15 is 0 Å².